The molecule has 3 aromatic heterocycles. The second kappa shape index (κ2) is 9.09. The van der Waals surface area contributed by atoms with Crippen LogP contribution in [-0.2, 0) is 6.18 Å². The molecule has 3 heterocycles. The van der Waals surface area contributed by atoms with E-state index in [-0.39, 0.29) is 11.3 Å². The largest absolute Gasteiger partial charge is 0.416 e. The van der Waals surface area contributed by atoms with Gasteiger partial charge in [0, 0.05) is 45.6 Å². The second-order valence-corrected chi connectivity index (χ2v) is 9.34. The van der Waals surface area contributed by atoms with Crippen LogP contribution in [0.4, 0.5) is 18.9 Å². The number of rotatable bonds is 4. The minimum absolute atomic E-state index is 0.117. The van der Waals surface area contributed by atoms with Crippen LogP contribution in [0.1, 0.15) is 27.2 Å². The van der Waals surface area contributed by atoms with Gasteiger partial charge in [-0.2, -0.15) is 13.2 Å². The smallest absolute Gasteiger partial charge is 0.339 e. The van der Waals surface area contributed by atoms with E-state index >= 15 is 0 Å². The lowest BCUT2D eigenvalue weighted by atomic mass is 9.98. The van der Waals surface area contributed by atoms with E-state index in [0.717, 1.165) is 50.8 Å². The number of alkyl halides is 3. The first-order chi connectivity index (χ1) is 18.7. The molecule has 0 saturated carbocycles. The minimum Gasteiger partial charge on any atom is -0.339 e. The number of imidazole rings is 1. The Morgan fingerprint density at radius 3 is 2.59 bits per heavy atom. The fraction of sp³-hybridized carbons (Fsp3) is 0.103. The minimum atomic E-state index is -4.62. The first-order valence-electron chi connectivity index (χ1n) is 12.0. The van der Waals surface area contributed by atoms with Gasteiger partial charge in [0.05, 0.1) is 17.6 Å². The van der Waals surface area contributed by atoms with Crippen LogP contribution in [0.2, 0.25) is 0 Å². The number of carbonyl (C=O) groups excluding carboxylic acids is 1. The van der Waals surface area contributed by atoms with Gasteiger partial charge in [-0.1, -0.05) is 18.2 Å². The highest BCUT2D eigenvalue weighted by atomic mass is 19.4. The van der Waals surface area contributed by atoms with E-state index in [2.05, 4.69) is 25.3 Å². The molecule has 6 aromatic rings. The summed E-state index contributed by atoms with van der Waals surface area (Å²) in [6, 6.07) is 14.6. The van der Waals surface area contributed by atoms with Crippen molar-refractivity contribution in [3.8, 4) is 16.8 Å². The molecule has 2 N–H and O–H groups in total. The van der Waals surface area contributed by atoms with Crippen molar-refractivity contribution < 1.29 is 18.0 Å². The first-order valence-corrected chi connectivity index (χ1v) is 12.0. The molecular weight excluding hydrogens is 505 g/mol. The summed E-state index contributed by atoms with van der Waals surface area (Å²) >= 11 is 0. The molecule has 0 fully saturated rings. The van der Waals surface area contributed by atoms with Gasteiger partial charge in [-0.15, -0.1) is 0 Å². The number of hydrogen-bond donors (Lipinski definition) is 2. The Morgan fingerprint density at radius 2 is 1.82 bits per heavy atom. The number of nitrogens with zero attached hydrogens (tertiary/aromatic N) is 4. The van der Waals surface area contributed by atoms with Gasteiger partial charge in [-0.05, 0) is 66.9 Å². The third-order valence-electron chi connectivity index (χ3n) is 6.60. The van der Waals surface area contributed by atoms with E-state index in [1.165, 1.54) is 23.3 Å². The van der Waals surface area contributed by atoms with Crippen molar-refractivity contribution in [2.45, 2.75) is 20.0 Å². The summed E-state index contributed by atoms with van der Waals surface area (Å²) in [6.45, 7) is 3.69. The third kappa shape index (κ3) is 4.61. The van der Waals surface area contributed by atoms with E-state index in [4.69, 9.17) is 0 Å². The van der Waals surface area contributed by atoms with Gasteiger partial charge in [0.15, 0.2) is 0 Å². The SMILES string of the molecule is Cc1cn(-c2cc(C(=O)Nc3ccc(C)c(-c4ccc5c(c4)[nH]c4ncncc45)c3)cc(C(F)(F)F)c2)cn1. The molecule has 1 amide bonds. The molecule has 0 bridgehead atoms. The lowest BCUT2D eigenvalue weighted by molar-refractivity contribution is -0.137. The summed E-state index contributed by atoms with van der Waals surface area (Å²) in [5.74, 6) is -0.654. The van der Waals surface area contributed by atoms with Crippen LogP contribution in [0.3, 0.4) is 0 Å². The molecule has 0 atom stereocenters. The Morgan fingerprint density at radius 1 is 0.974 bits per heavy atom. The van der Waals surface area contributed by atoms with Gasteiger partial charge in [0.1, 0.15) is 12.0 Å². The lowest BCUT2D eigenvalue weighted by Gasteiger charge is -2.14. The third-order valence-corrected chi connectivity index (χ3v) is 6.60. The molecule has 7 nitrogen and oxygen atoms in total. The van der Waals surface area contributed by atoms with Gasteiger partial charge in [0.2, 0.25) is 0 Å². The first kappa shape index (κ1) is 24.4. The Bertz CT molecular complexity index is 1890. The topological polar surface area (TPSA) is 88.5 Å². The molecule has 0 radical (unpaired) electrons. The van der Waals surface area contributed by atoms with E-state index in [1.807, 2.05) is 37.3 Å². The highest BCUT2D eigenvalue weighted by molar-refractivity contribution is 6.07. The number of aryl methyl sites for hydroxylation is 2. The van der Waals surface area contributed by atoms with Crippen molar-refractivity contribution in [1.82, 2.24) is 24.5 Å². The summed E-state index contributed by atoms with van der Waals surface area (Å²) in [5, 5.41) is 4.67. The van der Waals surface area contributed by atoms with Crippen molar-refractivity contribution in [3.63, 3.8) is 0 Å². The van der Waals surface area contributed by atoms with Gasteiger partial charge >= 0.3 is 6.18 Å². The zero-order chi connectivity index (χ0) is 27.3. The number of fused-ring (bicyclic) bond motifs is 3. The standard InChI is InChI=1S/C29H21F3N6O/c1-16-3-5-21(11-24(16)18-4-6-23-25-12-33-14-34-27(25)37-26(23)9-18)36-28(39)19-7-20(29(30,31)32)10-22(8-19)38-13-17(2)35-15-38/h3-15H,1-2H3,(H,36,39)(H,33,34,37). The summed E-state index contributed by atoms with van der Waals surface area (Å²) in [5.41, 5.74) is 4.64. The number of halogens is 3. The summed E-state index contributed by atoms with van der Waals surface area (Å²) in [7, 11) is 0. The van der Waals surface area contributed by atoms with Crippen LogP contribution in [0, 0.1) is 13.8 Å². The number of nitrogens with one attached hydrogen (secondary N) is 2. The molecule has 6 rings (SSSR count). The van der Waals surface area contributed by atoms with Gasteiger partial charge in [0.25, 0.3) is 5.91 Å². The van der Waals surface area contributed by atoms with Crippen molar-refractivity contribution in [3.05, 3.63) is 102 Å². The molecule has 0 saturated heterocycles. The molecule has 10 heteroatoms. The molecule has 0 spiro atoms. The highest BCUT2D eigenvalue weighted by Crippen LogP contribution is 2.33. The molecule has 0 aliphatic heterocycles. The number of anilines is 1. The van der Waals surface area contributed by atoms with E-state index in [0.29, 0.717) is 11.4 Å². The van der Waals surface area contributed by atoms with Crippen LogP contribution >= 0.6 is 0 Å². The summed E-state index contributed by atoms with van der Waals surface area (Å²) in [6.07, 6.45) is 1.63. The van der Waals surface area contributed by atoms with Gasteiger partial charge < -0.3 is 14.9 Å². The quantitative estimate of drug-likeness (QED) is 0.263. The van der Waals surface area contributed by atoms with Crippen LogP contribution in [0.25, 0.3) is 38.8 Å². The van der Waals surface area contributed by atoms with Gasteiger partial charge in [-0.3, -0.25) is 4.79 Å². The normalized spacial score (nSPS) is 11.8. The number of amides is 1. The molecule has 0 unspecified atom stereocenters. The molecular formula is C29H21F3N6O. The number of aromatic amines is 1. The van der Waals surface area contributed by atoms with E-state index in [9.17, 15) is 18.0 Å². The summed E-state index contributed by atoms with van der Waals surface area (Å²) < 4.78 is 42.4. The predicted octanol–water partition coefficient (Wildman–Crippen LogP) is 6.85. The van der Waals surface area contributed by atoms with Crippen LogP contribution in [0.5, 0.6) is 0 Å². The second-order valence-electron chi connectivity index (χ2n) is 9.34. The maximum absolute atomic E-state index is 13.7. The van der Waals surface area contributed by atoms with Crippen LogP contribution in [0.15, 0.2) is 79.6 Å². The zero-order valence-corrected chi connectivity index (χ0v) is 20.8. The van der Waals surface area contributed by atoms with Crippen LogP contribution < -0.4 is 5.32 Å². The monoisotopic (exact) mass is 526 g/mol. The number of carbonyl (C=O) groups is 1. The fourth-order valence-corrected chi connectivity index (χ4v) is 4.64. The zero-order valence-electron chi connectivity index (χ0n) is 20.8. The number of hydrogen-bond acceptors (Lipinski definition) is 4. The average Bonchev–Trinajstić information content (AvgIpc) is 3.52. The lowest BCUT2D eigenvalue weighted by Crippen LogP contribution is -2.15. The summed E-state index contributed by atoms with van der Waals surface area (Å²) in [4.78, 5) is 28.9. The predicted molar refractivity (Wildman–Crippen MR) is 143 cm³/mol. The van der Waals surface area contributed by atoms with E-state index in [1.54, 1.807) is 25.4 Å². The fourth-order valence-electron chi connectivity index (χ4n) is 4.64. The molecule has 3 aromatic carbocycles. The van der Waals surface area contributed by atoms with Crippen molar-refractivity contribution in [2.75, 3.05) is 5.32 Å². The van der Waals surface area contributed by atoms with Crippen LogP contribution in [-0.4, -0.2) is 30.4 Å². The molecule has 194 valence electrons. The Labute approximate surface area is 220 Å². The van der Waals surface area contributed by atoms with Crippen molar-refractivity contribution in [1.29, 1.82) is 0 Å². The Kier molecular flexibility index (Phi) is 5.67. The number of benzene rings is 3. The van der Waals surface area contributed by atoms with Crippen molar-refractivity contribution >= 4 is 33.5 Å². The highest BCUT2D eigenvalue weighted by Gasteiger charge is 2.32. The average molecular weight is 527 g/mol. The molecule has 0 aliphatic carbocycles. The maximum atomic E-state index is 13.7. The maximum Gasteiger partial charge on any atom is 0.416 e. The number of aromatic nitrogens is 5. The van der Waals surface area contributed by atoms with Gasteiger partial charge in [-0.25, -0.2) is 15.0 Å². The number of H-pyrrole nitrogens is 1. The van der Waals surface area contributed by atoms with Crippen molar-refractivity contribution in [2.24, 2.45) is 0 Å². The Hall–Kier alpha value is -4.99. The molecule has 39 heavy (non-hydrogen) atoms. The Balaban J connectivity index is 1.34. The molecule has 0 aliphatic rings. The van der Waals surface area contributed by atoms with E-state index < -0.39 is 17.6 Å².